The number of nitrogens with zero attached hydrogens (tertiary/aromatic N) is 2. The molecule has 0 aliphatic heterocycles. The Hall–Kier alpha value is -1.21. The normalized spacial score (nSPS) is 16.9. The van der Waals surface area contributed by atoms with Gasteiger partial charge in [-0.05, 0) is 28.8 Å². The van der Waals surface area contributed by atoms with Gasteiger partial charge in [-0.1, -0.05) is 0 Å². The van der Waals surface area contributed by atoms with Gasteiger partial charge in [0.25, 0.3) is 5.69 Å². The molecule has 0 radical (unpaired) electrons. The number of nitrogens with one attached hydrogen (secondary N) is 1. The fourth-order valence-electron chi connectivity index (χ4n) is 1.34. The highest BCUT2D eigenvalue weighted by Crippen LogP contribution is 2.39. The summed E-state index contributed by atoms with van der Waals surface area (Å²) >= 11 is 3.21. The van der Waals surface area contributed by atoms with Gasteiger partial charge in [0.1, 0.15) is 12.0 Å². The molecule has 0 aromatic carbocycles. The van der Waals surface area contributed by atoms with Crippen molar-refractivity contribution >= 4 is 27.4 Å². The average Bonchev–Trinajstić information content (AvgIpc) is 3.01. The number of aromatic nitrogens is 1. The Balaban J connectivity index is 2.20. The molecule has 2 N–H and O–H groups in total. The fraction of sp³-hybridized carbons (Fsp3) is 0.444. The van der Waals surface area contributed by atoms with Crippen molar-refractivity contribution < 1.29 is 10.0 Å². The van der Waals surface area contributed by atoms with Gasteiger partial charge < -0.3 is 10.4 Å². The van der Waals surface area contributed by atoms with E-state index in [4.69, 9.17) is 5.11 Å². The van der Waals surface area contributed by atoms with E-state index < -0.39 is 4.92 Å². The molecule has 1 aromatic heterocycles. The van der Waals surface area contributed by atoms with Crippen LogP contribution in [0.2, 0.25) is 0 Å². The first-order valence-corrected chi connectivity index (χ1v) is 5.55. The van der Waals surface area contributed by atoms with Crippen molar-refractivity contribution in [1.29, 1.82) is 0 Å². The van der Waals surface area contributed by atoms with E-state index in [9.17, 15) is 10.1 Å². The van der Waals surface area contributed by atoms with Crippen molar-refractivity contribution in [1.82, 2.24) is 4.98 Å². The summed E-state index contributed by atoms with van der Waals surface area (Å²) in [5.41, 5.74) is -0.350. The number of nitro groups is 1. The monoisotopic (exact) mass is 287 g/mol. The average molecular weight is 288 g/mol. The van der Waals surface area contributed by atoms with Crippen LogP contribution in [0.25, 0.3) is 0 Å². The minimum Gasteiger partial charge on any atom is -0.394 e. The molecule has 1 aromatic rings. The minimum atomic E-state index is -0.500. The zero-order valence-corrected chi connectivity index (χ0v) is 9.90. The minimum absolute atomic E-state index is 0.0398. The first-order chi connectivity index (χ1) is 7.56. The smallest absolute Gasteiger partial charge is 0.288 e. The molecule has 7 heteroatoms. The number of rotatable bonds is 4. The number of halogens is 1. The van der Waals surface area contributed by atoms with E-state index in [1.54, 1.807) is 0 Å². The van der Waals surface area contributed by atoms with Crippen LogP contribution in [0, 0.1) is 10.1 Å². The van der Waals surface area contributed by atoms with E-state index in [1.807, 2.05) is 0 Å². The Morgan fingerprint density at radius 1 is 1.69 bits per heavy atom. The van der Waals surface area contributed by atoms with Crippen LogP contribution in [-0.4, -0.2) is 27.2 Å². The van der Waals surface area contributed by atoms with Gasteiger partial charge >= 0.3 is 0 Å². The lowest BCUT2D eigenvalue weighted by Gasteiger charge is -2.15. The van der Waals surface area contributed by atoms with Gasteiger partial charge in [-0.25, -0.2) is 4.98 Å². The number of hydrogen-bond acceptors (Lipinski definition) is 5. The third-order valence-corrected chi connectivity index (χ3v) is 3.18. The van der Waals surface area contributed by atoms with E-state index in [0.717, 1.165) is 12.8 Å². The van der Waals surface area contributed by atoms with Crippen molar-refractivity contribution in [2.45, 2.75) is 18.4 Å². The van der Waals surface area contributed by atoms with Gasteiger partial charge in [-0.3, -0.25) is 10.1 Å². The molecule has 0 amide bonds. The van der Waals surface area contributed by atoms with Crippen molar-refractivity contribution in [3.63, 3.8) is 0 Å². The summed E-state index contributed by atoms with van der Waals surface area (Å²) in [7, 11) is 0. The van der Waals surface area contributed by atoms with Gasteiger partial charge in [-0.2, -0.15) is 0 Å². The largest absolute Gasteiger partial charge is 0.394 e. The van der Waals surface area contributed by atoms with Gasteiger partial charge in [0, 0.05) is 6.07 Å². The van der Waals surface area contributed by atoms with E-state index >= 15 is 0 Å². The quantitative estimate of drug-likeness (QED) is 0.650. The van der Waals surface area contributed by atoms with Crippen LogP contribution in [0.5, 0.6) is 0 Å². The standard InChI is InChI=1S/C9H10BrN3O3/c10-7-3-6(13(15)16)4-11-8(7)12-9(5-14)1-2-9/h3-4,14H,1-2,5H2,(H,11,12). The van der Waals surface area contributed by atoms with E-state index in [1.165, 1.54) is 12.3 Å². The van der Waals surface area contributed by atoms with Crippen molar-refractivity contribution in [2.24, 2.45) is 0 Å². The molecule has 86 valence electrons. The first kappa shape index (κ1) is 11.3. The molecule has 1 aliphatic carbocycles. The fourth-order valence-corrected chi connectivity index (χ4v) is 1.78. The van der Waals surface area contributed by atoms with Crippen molar-refractivity contribution in [2.75, 3.05) is 11.9 Å². The molecule has 0 spiro atoms. The molecule has 1 fully saturated rings. The van der Waals surface area contributed by atoms with Gasteiger partial charge in [-0.15, -0.1) is 0 Å². The lowest BCUT2D eigenvalue weighted by molar-refractivity contribution is -0.385. The highest BCUT2D eigenvalue weighted by molar-refractivity contribution is 9.10. The molecule has 2 rings (SSSR count). The Kier molecular flexibility index (Phi) is 2.81. The van der Waals surface area contributed by atoms with E-state index in [0.29, 0.717) is 10.3 Å². The molecule has 0 atom stereocenters. The summed E-state index contributed by atoms with van der Waals surface area (Å²) < 4.78 is 0.529. The van der Waals surface area contributed by atoms with Crippen LogP contribution in [-0.2, 0) is 0 Å². The molecule has 0 unspecified atom stereocenters. The van der Waals surface area contributed by atoms with Crippen molar-refractivity contribution in [3.8, 4) is 0 Å². The van der Waals surface area contributed by atoms with Crippen LogP contribution < -0.4 is 5.32 Å². The molecule has 16 heavy (non-hydrogen) atoms. The van der Waals surface area contributed by atoms with Gasteiger partial charge in [0.2, 0.25) is 0 Å². The highest BCUT2D eigenvalue weighted by Gasteiger charge is 2.42. The predicted molar refractivity (Wildman–Crippen MR) is 61.3 cm³/mol. The van der Waals surface area contributed by atoms with Crippen LogP contribution >= 0.6 is 15.9 Å². The summed E-state index contributed by atoms with van der Waals surface area (Å²) in [4.78, 5) is 14.0. The maximum atomic E-state index is 10.5. The van der Waals surface area contributed by atoms with Crippen LogP contribution in [0.4, 0.5) is 11.5 Å². The number of hydrogen-bond donors (Lipinski definition) is 2. The summed E-state index contributed by atoms with van der Waals surface area (Å²) in [5, 5.41) is 22.7. The molecule has 0 bridgehead atoms. The second-order valence-corrected chi connectivity index (χ2v) is 4.70. The second kappa shape index (κ2) is 3.99. The zero-order valence-electron chi connectivity index (χ0n) is 8.31. The third kappa shape index (κ3) is 2.14. The Labute approximate surface area is 100.0 Å². The Morgan fingerprint density at radius 3 is 2.81 bits per heavy atom. The summed E-state index contributed by atoms with van der Waals surface area (Å²) in [6.45, 7) is 0.0398. The molecule has 6 nitrogen and oxygen atoms in total. The number of pyridine rings is 1. The van der Waals surface area contributed by atoms with Crippen LogP contribution in [0.3, 0.4) is 0 Å². The Morgan fingerprint density at radius 2 is 2.38 bits per heavy atom. The molecule has 1 saturated carbocycles. The van der Waals surface area contributed by atoms with E-state index in [2.05, 4.69) is 26.2 Å². The van der Waals surface area contributed by atoms with Gasteiger partial charge in [0.05, 0.1) is 21.5 Å². The lowest BCUT2D eigenvalue weighted by Crippen LogP contribution is -2.26. The lowest BCUT2D eigenvalue weighted by atomic mass is 10.3. The maximum Gasteiger partial charge on any atom is 0.288 e. The molecule has 1 heterocycles. The second-order valence-electron chi connectivity index (χ2n) is 3.84. The van der Waals surface area contributed by atoms with Crippen LogP contribution in [0.15, 0.2) is 16.7 Å². The van der Waals surface area contributed by atoms with Crippen molar-refractivity contribution in [3.05, 3.63) is 26.9 Å². The third-order valence-electron chi connectivity index (χ3n) is 2.58. The summed E-state index contributed by atoms with van der Waals surface area (Å²) in [6, 6.07) is 1.39. The van der Waals surface area contributed by atoms with E-state index in [-0.39, 0.29) is 17.8 Å². The first-order valence-electron chi connectivity index (χ1n) is 4.75. The van der Waals surface area contributed by atoms with Gasteiger partial charge in [0.15, 0.2) is 0 Å². The highest BCUT2D eigenvalue weighted by atomic mass is 79.9. The molecule has 1 aliphatic rings. The Bertz CT molecular complexity index is 434. The van der Waals surface area contributed by atoms with Crippen LogP contribution in [0.1, 0.15) is 12.8 Å². The SMILES string of the molecule is O=[N+]([O-])c1cnc(NC2(CO)CC2)c(Br)c1. The molecular formula is C9H10BrN3O3. The number of anilines is 1. The molecule has 0 saturated heterocycles. The molecular weight excluding hydrogens is 278 g/mol. The maximum absolute atomic E-state index is 10.5. The number of aliphatic hydroxyl groups excluding tert-OH is 1. The zero-order chi connectivity index (χ0) is 11.8. The number of aliphatic hydroxyl groups is 1. The summed E-state index contributed by atoms with van der Waals surface area (Å²) in [5.74, 6) is 0.525. The predicted octanol–water partition coefficient (Wildman–Crippen LogP) is 1.69. The topological polar surface area (TPSA) is 88.3 Å². The summed E-state index contributed by atoms with van der Waals surface area (Å²) in [6.07, 6.45) is 2.96.